The maximum atomic E-state index is 14.2. The van der Waals surface area contributed by atoms with Crippen molar-refractivity contribution in [1.29, 1.82) is 0 Å². The number of thioether (sulfide) groups is 1. The van der Waals surface area contributed by atoms with E-state index in [1.165, 1.54) is 17.8 Å². The van der Waals surface area contributed by atoms with Crippen molar-refractivity contribution in [1.82, 2.24) is 5.43 Å². The topological polar surface area (TPSA) is 44.7 Å². The molecule has 0 saturated carbocycles. The molecule has 1 N–H and O–H groups in total. The van der Waals surface area contributed by atoms with Crippen LogP contribution in [0.5, 0.6) is 0 Å². The number of rotatable bonds is 3. The lowest BCUT2D eigenvalue weighted by Crippen LogP contribution is -2.44. The number of halogens is 1. The lowest BCUT2D eigenvalue weighted by Gasteiger charge is -2.23. The van der Waals surface area contributed by atoms with Gasteiger partial charge in [-0.15, -0.1) is 0 Å². The van der Waals surface area contributed by atoms with Crippen molar-refractivity contribution in [3.05, 3.63) is 101 Å². The third-order valence-electron chi connectivity index (χ3n) is 4.99. The fourth-order valence-electron chi connectivity index (χ4n) is 3.61. The Morgan fingerprint density at radius 1 is 0.964 bits per heavy atom. The smallest absolute Gasteiger partial charge is 0.270 e. The number of hydrazone groups is 1. The second-order valence-corrected chi connectivity index (χ2v) is 7.88. The van der Waals surface area contributed by atoms with Crippen LogP contribution in [0, 0.1) is 5.82 Å². The van der Waals surface area contributed by atoms with E-state index in [2.05, 4.69) is 10.5 Å². The van der Waals surface area contributed by atoms with Crippen LogP contribution in [-0.4, -0.2) is 11.0 Å². The van der Waals surface area contributed by atoms with Crippen LogP contribution in [0.3, 0.4) is 0 Å². The third-order valence-corrected chi connectivity index (χ3v) is 6.30. The number of para-hydroxylation sites is 1. The molecule has 2 heterocycles. The zero-order valence-corrected chi connectivity index (χ0v) is 15.6. The number of benzene rings is 3. The molecule has 5 rings (SSSR count). The summed E-state index contributed by atoms with van der Waals surface area (Å²) in [6, 6.07) is 23.9. The van der Waals surface area contributed by atoms with Gasteiger partial charge in [0.1, 0.15) is 10.9 Å². The molecule has 28 heavy (non-hydrogen) atoms. The summed E-state index contributed by atoms with van der Waals surface area (Å²) in [4.78, 5) is 14.1. The molecule has 2 aliphatic heterocycles. The van der Waals surface area contributed by atoms with Gasteiger partial charge in [-0.25, -0.2) is 4.39 Å². The van der Waals surface area contributed by atoms with Crippen molar-refractivity contribution in [3.63, 3.8) is 0 Å². The first kappa shape index (κ1) is 17.0. The predicted octanol–water partition coefficient (Wildman–Crippen LogP) is 4.22. The van der Waals surface area contributed by atoms with E-state index in [-0.39, 0.29) is 18.3 Å². The molecule has 0 fully saturated rings. The lowest BCUT2D eigenvalue weighted by molar-refractivity contribution is -0.121. The molecular weight excluding hydrogens is 373 g/mol. The molecule has 1 amide bonds. The van der Waals surface area contributed by atoms with Crippen molar-refractivity contribution in [2.45, 2.75) is 11.4 Å². The Labute approximate surface area is 166 Å². The van der Waals surface area contributed by atoms with Crippen LogP contribution < -0.4 is 10.3 Å². The van der Waals surface area contributed by atoms with E-state index in [1.54, 1.807) is 23.1 Å². The van der Waals surface area contributed by atoms with Gasteiger partial charge in [-0.2, -0.15) is 5.10 Å². The number of hydrogen-bond acceptors (Lipinski definition) is 4. The molecule has 6 heteroatoms. The van der Waals surface area contributed by atoms with E-state index in [0.717, 1.165) is 21.9 Å². The average Bonchev–Trinajstić information content (AvgIpc) is 3.28. The number of anilines is 1. The highest BCUT2D eigenvalue weighted by Gasteiger charge is 2.55. The summed E-state index contributed by atoms with van der Waals surface area (Å²) >= 11 is 1.40. The Kier molecular flexibility index (Phi) is 3.94. The number of nitrogens with one attached hydrogen (secondary N) is 1. The molecule has 1 spiro atoms. The number of carbonyl (C=O) groups excluding carboxylic acids is 1. The van der Waals surface area contributed by atoms with E-state index in [9.17, 15) is 9.18 Å². The zero-order valence-electron chi connectivity index (χ0n) is 14.8. The molecule has 1 unspecified atom stereocenters. The maximum Gasteiger partial charge on any atom is 0.270 e. The number of fused-ring (bicyclic) bond motifs is 2. The molecule has 1 atom stereocenters. The molecule has 0 saturated heterocycles. The minimum absolute atomic E-state index is 0.142. The molecule has 138 valence electrons. The quantitative estimate of drug-likeness (QED) is 0.729. The van der Waals surface area contributed by atoms with Crippen LogP contribution in [0.15, 0.2) is 84.0 Å². The third kappa shape index (κ3) is 2.52. The summed E-state index contributed by atoms with van der Waals surface area (Å²) < 4.78 is 14.2. The van der Waals surface area contributed by atoms with Crippen LogP contribution in [0.25, 0.3) is 0 Å². The molecule has 2 aliphatic rings. The SMILES string of the molecule is O=C1N(Cc2ccccc2F)c2ccccc2C12NN=C(c1ccccc1)S2. The zero-order chi connectivity index (χ0) is 19.1. The van der Waals surface area contributed by atoms with Gasteiger partial charge in [0.15, 0.2) is 0 Å². The monoisotopic (exact) mass is 389 g/mol. The molecule has 0 bridgehead atoms. The van der Waals surface area contributed by atoms with Crippen LogP contribution in [0.4, 0.5) is 10.1 Å². The first-order valence-corrected chi connectivity index (χ1v) is 9.75. The number of amides is 1. The van der Waals surface area contributed by atoms with E-state index >= 15 is 0 Å². The second kappa shape index (κ2) is 6.49. The summed E-state index contributed by atoms with van der Waals surface area (Å²) in [5.74, 6) is -0.460. The Morgan fingerprint density at radius 2 is 1.68 bits per heavy atom. The number of hydrogen-bond donors (Lipinski definition) is 1. The predicted molar refractivity (Wildman–Crippen MR) is 109 cm³/mol. The highest BCUT2D eigenvalue weighted by Crippen LogP contribution is 2.50. The van der Waals surface area contributed by atoms with Gasteiger partial charge in [0.2, 0.25) is 4.87 Å². The van der Waals surface area contributed by atoms with Gasteiger partial charge in [-0.3, -0.25) is 10.2 Å². The highest BCUT2D eigenvalue weighted by molar-refractivity contribution is 8.16. The fraction of sp³-hybridized carbons (Fsp3) is 0.0909. The van der Waals surface area contributed by atoms with Crippen LogP contribution in [0.2, 0.25) is 0 Å². The fourth-order valence-corrected chi connectivity index (χ4v) is 4.81. The summed E-state index contributed by atoms with van der Waals surface area (Å²) in [6.45, 7) is 0.174. The van der Waals surface area contributed by atoms with Gasteiger partial charge in [0.05, 0.1) is 12.2 Å². The standard InChI is InChI=1S/C22H16FN3OS/c23-18-12-6-4-10-16(18)14-26-19-13-7-5-11-17(19)22(21(26)27)25-24-20(28-22)15-8-2-1-3-9-15/h1-13,25H,14H2. The summed E-state index contributed by atoms with van der Waals surface area (Å²) in [5.41, 5.74) is 6.14. The van der Waals surface area contributed by atoms with Crippen LogP contribution in [-0.2, 0) is 16.2 Å². The van der Waals surface area contributed by atoms with Crippen molar-refractivity contribution >= 4 is 28.4 Å². The molecule has 3 aromatic rings. The van der Waals surface area contributed by atoms with Crippen LogP contribution >= 0.6 is 11.8 Å². The van der Waals surface area contributed by atoms with E-state index in [1.807, 2.05) is 54.6 Å². The van der Waals surface area contributed by atoms with E-state index in [0.29, 0.717) is 5.56 Å². The second-order valence-electron chi connectivity index (χ2n) is 6.68. The van der Waals surface area contributed by atoms with Crippen molar-refractivity contribution in [3.8, 4) is 0 Å². The molecule has 4 nitrogen and oxygen atoms in total. The van der Waals surface area contributed by atoms with Crippen molar-refractivity contribution in [2.24, 2.45) is 5.10 Å². The Balaban J connectivity index is 1.53. The minimum atomic E-state index is -1.02. The maximum absolute atomic E-state index is 14.2. The van der Waals surface area contributed by atoms with E-state index < -0.39 is 4.87 Å². The molecule has 0 aromatic heterocycles. The summed E-state index contributed by atoms with van der Waals surface area (Å²) in [5, 5.41) is 5.22. The molecule has 3 aromatic carbocycles. The van der Waals surface area contributed by atoms with Crippen molar-refractivity contribution in [2.75, 3.05) is 4.90 Å². The molecular formula is C22H16FN3OS. The first-order valence-electron chi connectivity index (χ1n) is 8.93. The normalized spacial score (nSPS) is 20.2. The highest BCUT2D eigenvalue weighted by atomic mass is 32.2. The lowest BCUT2D eigenvalue weighted by atomic mass is 10.1. The minimum Gasteiger partial charge on any atom is -0.304 e. The average molecular weight is 389 g/mol. The van der Waals surface area contributed by atoms with Gasteiger partial charge in [0, 0.05) is 16.7 Å². The van der Waals surface area contributed by atoms with Gasteiger partial charge in [0.25, 0.3) is 5.91 Å². The van der Waals surface area contributed by atoms with Gasteiger partial charge in [-0.1, -0.05) is 78.5 Å². The summed E-state index contributed by atoms with van der Waals surface area (Å²) in [6.07, 6.45) is 0. The Bertz CT molecular complexity index is 1100. The van der Waals surface area contributed by atoms with Crippen molar-refractivity contribution < 1.29 is 9.18 Å². The number of carbonyl (C=O) groups is 1. The van der Waals surface area contributed by atoms with Gasteiger partial charge in [-0.05, 0) is 12.1 Å². The number of nitrogens with zero attached hydrogens (tertiary/aromatic N) is 2. The van der Waals surface area contributed by atoms with E-state index in [4.69, 9.17) is 0 Å². The molecule has 0 radical (unpaired) electrons. The largest absolute Gasteiger partial charge is 0.304 e. The van der Waals surface area contributed by atoms with Gasteiger partial charge < -0.3 is 4.90 Å². The Morgan fingerprint density at radius 3 is 2.50 bits per heavy atom. The molecule has 0 aliphatic carbocycles. The van der Waals surface area contributed by atoms with Gasteiger partial charge >= 0.3 is 0 Å². The van der Waals surface area contributed by atoms with Crippen LogP contribution in [0.1, 0.15) is 16.7 Å². The first-order chi connectivity index (χ1) is 13.7. The Hall–Kier alpha value is -3.12. The summed E-state index contributed by atoms with van der Waals surface area (Å²) in [7, 11) is 0.